The van der Waals surface area contributed by atoms with Gasteiger partial charge in [-0.05, 0) is 204 Å². The van der Waals surface area contributed by atoms with Gasteiger partial charge in [0.2, 0.25) is 0 Å². The number of anilines is 8. The van der Waals surface area contributed by atoms with Gasteiger partial charge < -0.3 is 21.3 Å². The average molecular weight is 1560 g/mol. The molecular weight excluding hydrogens is 1480 g/mol. The fourth-order valence-electron chi connectivity index (χ4n) is 16.4. The van der Waals surface area contributed by atoms with Crippen molar-refractivity contribution in [2.24, 2.45) is 0 Å². The zero-order chi connectivity index (χ0) is 81.2. The van der Waals surface area contributed by atoms with E-state index in [0.29, 0.717) is 5.56 Å². The van der Waals surface area contributed by atoms with Gasteiger partial charge in [0.25, 0.3) is 0 Å². The Morgan fingerprint density at radius 2 is 0.526 bits per heavy atom. The van der Waals surface area contributed by atoms with E-state index in [-0.39, 0.29) is 35.8 Å². The van der Waals surface area contributed by atoms with Gasteiger partial charge in [-0.3, -0.25) is 0 Å². The summed E-state index contributed by atoms with van der Waals surface area (Å²) in [5, 5.41) is 39.4. The van der Waals surface area contributed by atoms with Gasteiger partial charge in [0.1, 0.15) is 0 Å². The van der Waals surface area contributed by atoms with Crippen molar-refractivity contribution in [2.75, 3.05) is 21.3 Å². The molecule has 0 unspecified atom stereocenters. The van der Waals surface area contributed by atoms with Gasteiger partial charge >= 0.3 is 0 Å². The number of fused-ring (bicyclic) bond motifs is 22. The van der Waals surface area contributed by atoms with Crippen LogP contribution in [0, 0.1) is 0 Å². The predicted molar refractivity (Wildman–Crippen MR) is 512 cm³/mol. The summed E-state index contributed by atoms with van der Waals surface area (Å²) in [5.41, 5.74) is 11.8. The monoisotopic (exact) mass is 1560 g/mol. The van der Waals surface area contributed by atoms with E-state index in [0.717, 1.165) is 56.3 Å². The molecule has 0 saturated heterocycles. The van der Waals surface area contributed by atoms with Crippen molar-refractivity contribution in [3.05, 3.63) is 412 Å². The summed E-state index contributed by atoms with van der Waals surface area (Å²) in [5.74, 6) is 0. The third-order valence-electron chi connectivity index (χ3n) is 21.8. The summed E-state index contributed by atoms with van der Waals surface area (Å²) in [6.07, 6.45) is 0. The molecule has 548 valence electrons. The summed E-state index contributed by atoms with van der Waals surface area (Å²) in [6, 6.07) is 133. The minimum atomic E-state index is -0.388. The van der Waals surface area contributed by atoms with Crippen LogP contribution in [0.25, 0.3) is 168 Å². The molecule has 0 fully saturated rings. The lowest BCUT2D eigenvalue weighted by atomic mass is 9.97. The first-order valence-electron chi connectivity index (χ1n) is 41.2. The van der Waals surface area contributed by atoms with Crippen molar-refractivity contribution >= 4 is 236 Å². The first kappa shape index (κ1) is 64.5. The van der Waals surface area contributed by atoms with Crippen LogP contribution in [-0.2, 0) is 0 Å². The lowest BCUT2D eigenvalue weighted by Crippen LogP contribution is -1.92. The van der Waals surface area contributed by atoms with Crippen LogP contribution in [0.1, 0.15) is 6.85 Å². The van der Waals surface area contributed by atoms with E-state index in [4.69, 9.17) is 6.85 Å². The molecule has 24 rings (SSSR count). The quantitative estimate of drug-likeness (QED) is 0.110. The van der Waals surface area contributed by atoms with Crippen molar-refractivity contribution < 1.29 is 6.85 Å². The number of rotatable bonds is 10. The Morgan fingerprint density at radius 1 is 0.181 bits per heavy atom. The third kappa shape index (κ3) is 13.6. The summed E-state index contributed by atoms with van der Waals surface area (Å²) < 4.78 is 51.6. The smallest absolute Gasteiger partial charge is 0.0629 e. The summed E-state index contributed by atoms with van der Waals surface area (Å²) in [4.78, 5) is 0. The molecule has 0 aliphatic heterocycles. The van der Waals surface area contributed by atoms with Gasteiger partial charge in [-0.2, -0.15) is 0 Å². The van der Waals surface area contributed by atoms with Crippen molar-refractivity contribution in [3.63, 3.8) is 0 Å². The van der Waals surface area contributed by atoms with Crippen LogP contribution in [0.15, 0.2) is 412 Å². The van der Waals surface area contributed by atoms with E-state index in [1.807, 2.05) is 94.7 Å². The molecule has 0 amide bonds. The maximum absolute atomic E-state index is 8.47. The van der Waals surface area contributed by atoms with Crippen LogP contribution in [0.5, 0.6) is 0 Å². The summed E-state index contributed by atoms with van der Waals surface area (Å²) in [6.45, 7) is 0. The number of hydrogen-bond acceptors (Lipinski definition) is 8. The maximum Gasteiger partial charge on any atom is 0.0629 e. The van der Waals surface area contributed by atoms with E-state index in [9.17, 15) is 0 Å². The van der Waals surface area contributed by atoms with Gasteiger partial charge in [-0.15, -0.1) is 45.3 Å². The average Bonchev–Trinajstić information content (AvgIpc) is 1.23. The first-order chi connectivity index (χ1) is 59.5. The Balaban J connectivity index is 0.000000101. The van der Waals surface area contributed by atoms with Gasteiger partial charge in [0.15, 0.2) is 0 Å². The highest BCUT2D eigenvalue weighted by Crippen LogP contribution is 2.46. The molecule has 4 nitrogen and oxygen atoms in total. The number of para-hydroxylation sites is 1. The van der Waals surface area contributed by atoms with E-state index in [2.05, 4.69) is 343 Å². The molecule has 0 aliphatic carbocycles. The van der Waals surface area contributed by atoms with Crippen molar-refractivity contribution in [2.45, 2.75) is 0 Å². The highest BCUT2D eigenvalue weighted by Gasteiger charge is 2.17. The van der Waals surface area contributed by atoms with Gasteiger partial charge in [-0.1, -0.05) is 285 Å². The molecule has 4 N–H and O–H groups in total. The molecule has 24 aromatic rings. The number of hydrogen-bond donors (Lipinski definition) is 4. The van der Waals surface area contributed by atoms with Gasteiger partial charge in [0.05, 0.1) is 6.85 Å². The summed E-state index contributed by atoms with van der Waals surface area (Å²) in [7, 11) is 0. The lowest BCUT2D eigenvalue weighted by Gasteiger charge is -2.14. The maximum atomic E-state index is 8.47. The van der Waals surface area contributed by atoms with Crippen molar-refractivity contribution in [3.8, 4) is 22.3 Å². The van der Waals surface area contributed by atoms with Crippen molar-refractivity contribution in [1.29, 1.82) is 0 Å². The predicted octanol–water partition coefficient (Wildman–Crippen LogP) is 33.4. The number of thiophene rings is 4. The second kappa shape index (κ2) is 30.5. The molecule has 8 heteroatoms. The van der Waals surface area contributed by atoms with Gasteiger partial charge in [0, 0.05) is 137 Å². The molecule has 20 aromatic carbocycles. The fraction of sp³-hybridized carbons (Fsp3) is 0. The molecule has 0 aliphatic rings. The second-order valence-electron chi connectivity index (χ2n) is 28.9. The molecule has 0 atom stereocenters. The minimum Gasteiger partial charge on any atom is -0.356 e. The molecule has 0 saturated carbocycles. The molecule has 0 bridgehead atoms. The zero-order valence-corrected chi connectivity index (χ0v) is 65.8. The Hall–Kier alpha value is -14.0. The lowest BCUT2D eigenvalue weighted by molar-refractivity contribution is 1.56. The van der Waals surface area contributed by atoms with E-state index in [1.165, 1.54) is 146 Å². The Labute approximate surface area is 693 Å². The topological polar surface area (TPSA) is 48.1 Å². The standard InChI is InChI=1S/C32H21NS.C28H19NS.C26H17NS.C22H15NS/c1-2-8-21(9-3-1)24-17-18-29(27-13-7-6-12-26(24)27)33-23-15-16-28-31(20-23)34-30-19-14-22-10-4-5-11-25(22)32(28)30;1-2-6-19(7-3-1)20-10-13-22(14-11-20)29-23-15-17-26-25(18-23)28-24-9-5-4-8-21(24)12-16-27(28)30-26;1-3-9-20-17(6-1)8-5-11-23(20)27-19-13-15-24-22(16-19)26-21-10-4-2-7-18(21)12-14-25(26)28-24;1-2-7-16(8-3-1)23-17-11-13-20-19(14-17)22-18-9-5-4-6-15(18)10-12-21(22)24-20/h1-20,33H;1-18,29H;1-16,27H;1-14,23H/i1D,2D,3D,8D,9D;;;. The fourth-order valence-corrected chi connectivity index (χ4v) is 20.9. The molecule has 4 aromatic heterocycles. The molecule has 4 heterocycles. The largest absolute Gasteiger partial charge is 0.356 e. The third-order valence-corrected chi connectivity index (χ3v) is 26.4. The molecule has 0 spiro atoms. The van der Waals surface area contributed by atoms with Crippen LogP contribution < -0.4 is 21.3 Å². The van der Waals surface area contributed by atoms with E-state index < -0.39 is 0 Å². The number of benzene rings is 20. The second-order valence-corrected chi connectivity index (χ2v) is 33.3. The van der Waals surface area contributed by atoms with Crippen LogP contribution in [0.2, 0.25) is 0 Å². The van der Waals surface area contributed by atoms with Crippen LogP contribution in [0.3, 0.4) is 0 Å². The molecule has 0 radical (unpaired) electrons. The van der Waals surface area contributed by atoms with E-state index >= 15 is 0 Å². The Kier molecular flexibility index (Phi) is 17.0. The molecular formula is C108H72N4S4. The van der Waals surface area contributed by atoms with Crippen molar-refractivity contribution in [1.82, 2.24) is 0 Å². The van der Waals surface area contributed by atoms with Gasteiger partial charge in [-0.25, -0.2) is 0 Å². The normalized spacial score (nSPS) is 12.1. The van der Waals surface area contributed by atoms with Crippen LogP contribution in [-0.4, -0.2) is 0 Å². The molecule has 116 heavy (non-hydrogen) atoms. The van der Waals surface area contributed by atoms with Crippen LogP contribution in [0.4, 0.5) is 45.5 Å². The highest BCUT2D eigenvalue weighted by atomic mass is 32.1. The van der Waals surface area contributed by atoms with E-state index in [1.54, 1.807) is 11.3 Å². The first-order valence-corrected chi connectivity index (χ1v) is 42.0. The Morgan fingerprint density at radius 3 is 1.03 bits per heavy atom. The summed E-state index contributed by atoms with van der Waals surface area (Å²) >= 11 is 7.37. The Bertz CT molecular complexity index is 8150. The minimum absolute atomic E-state index is 0.199. The van der Waals surface area contributed by atoms with Crippen LogP contribution >= 0.6 is 45.3 Å². The number of nitrogens with one attached hydrogen (secondary N) is 4. The highest BCUT2D eigenvalue weighted by molar-refractivity contribution is 7.27. The zero-order valence-electron chi connectivity index (χ0n) is 67.5. The SMILES string of the molecule is [2H]c1c([2H])c([2H])c(-c2ccc(Nc3ccc4c(c3)sc3ccc5ccccc5c34)c3ccccc23)c([2H])c1[2H].c1ccc(-c2ccc(Nc3ccc4sc5ccc6ccccc6c5c4c3)cc2)cc1.c1ccc(Nc2ccc3sc4ccc5ccccc5c4c3c2)cc1.c1ccc2c(Nc3ccc4sc5ccc6ccccc6c5c4c3)cccc2c1.